The summed E-state index contributed by atoms with van der Waals surface area (Å²) in [5.74, 6) is 0.732. The van der Waals surface area contributed by atoms with Crippen LogP contribution in [0, 0.1) is 6.92 Å². The van der Waals surface area contributed by atoms with Crippen molar-refractivity contribution in [3.63, 3.8) is 0 Å². The molecule has 0 bridgehead atoms. The molecule has 0 N–H and O–H groups in total. The number of fused-ring (bicyclic) bond motifs is 2. The molecular formula is C28H23NO5. The monoisotopic (exact) mass is 453 g/mol. The maximum atomic E-state index is 13.7. The van der Waals surface area contributed by atoms with Crippen molar-refractivity contribution < 1.29 is 18.7 Å². The normalized spacial score (nSPS) is 14.8. The number of methoxy groups -OCH3 is 1. The van der Waals surface area contributed by atoms with Crippen LogP contribution in [-0.2, 0) is 0 Å². The average Bonchev–Trinajstić information content (AvgIpc) is 3.15. The maximum Gasteiger partial charge on any atom is 0.295 e. The number of ether oxygens (including phenoxy) is 2. The van der Waals surface area contributed by atoms with E-state index in [0.29, 0.717) is 45.9 Å². The molecule has 1 amide bonds. The van der Waals surface area contributed by atoms with E-state index in [0.717, 1.165) is 5.56 Å². The smallest absolute Gasteiger partial charge is 0.295 e. The van der Waals surface area contributed by atoms with E-state index in [1.165, 1.54) is 0 Å². The number of amides is 1. The summed E-state index contributed by atoms with van der Waals surface area (Å²) < 4.78 is 17.2. The molecule has 1 atom stereocenters. The van der Waals surface area contributed by atoms with Crippen LogP contribution in [0.2, 0.25) is 0 Å². The number of benzene rings is 3. The number of carbonyl (C=O) groups excluding carboxylic acids is 1. The summed E-state index contributed by atoms with van der Waals surface area (Å²) in [5.41, 5.74) is 2.91. The molecule has 1 aliphatic heterocycles. The first-order chi connectivity index (χ1) is 16.5. The number of anilines is 1. The van der Waals surface area contributed by atoms with Crippen LogP contribution in [0.1, 0.15) is 33.3 Å². The second kappa shape index (κ2) is 8.56. The van der Waals surface area contributed by atoms with Crippen molar-refractivity contribution in [3.8, 4) is 11.5 Å². The summed E-state index contributed by atoms with van der Waals surface area (Å²) in [7, 11) is 1.55. The van der Waals surface area contributed by atoms with Gasteiger partial charge in [-0.2, -0.15) is 0 Å². The Morgan fingerprint density at radius 1 is 1.03 bits per heavy atom. The Labute approximate surface area is 196 Å². The lowest BCUT2D eigenvalue weighted by molar-refractivity contribution is 0.0971. The first-order valence-corrected chi connectivity index (χ1v) is 10.9. The molecule has 6 nitrogen and oxygen atoms in total. The molecule has 0 aliphatic carbocycles. The van der Waals surface area contributed by atoms with Gasteiger partial charge in [-0.15, -0.1) is 0 Å². The van der Waals surface area contributed by atoms with Crippen LogP contribution >= 0.6 is 0 Å². The van der Waals surface area contributed by atoms with Crippen LogP contribution in [0.4, 0.5) is 5.69 Å². The van der Waals surface area contributed by atoms with Gasteiger partial charge in [0.05, 0.1) is 24.1 Å². The average molecular weight is 453 g/mol. The number of hydrogen-bond donors (Lipinski definition) is 0. The molecule has 0 saturated carbocycles. The Bertz CT molecular complexity index is 1470. The third kappa shape index (κ3) is 3.44. The molecule has 1 aliphatic rings. The summed E-state index contributed by atoms with van der Waals surface area (Å²) in [5, 5.41) is 0.433. The maximum absolute atomic E-state index is 13.7. The van der Waals surface area contributed by atoms with Gasteiger partial charge in [0.15, 0.2) is 16.9 Å². The van der Waals surface area contributed by atoms with Crippen molar-refractivity contribution in [1.82, 2.24) is 0 Å². The van der Waals surface area contributed by atoms with Gasteiger partial charge in [-0.05, 0) is 48.9 Å². The van der Waals surface area contributed by atoms with E-state index in [4.69, 9.17) is 13.9 Å². The SMILES string of the molecule is C=CCOc1ccc(C2c3c(oc4ccccc4c3=O)C(=O)N2c2ccc(C)cc2)cc1OC. The van der Waals surface area contributed by atoms with Crippen LogP contribution in [0.3, 0.4) is 0 Å². The minimum atomic E-state index is -0.687. The van der Waals surface area contributed by atoms with E-state index in [9.17, 15) is 9.59 Å². The van der Waals surface area contributed by atoms with Crippen LogP contribution in [0.25, 0.3) is 11.0 Å². The molecule has 4 aromatic rings. The van der Waals surface area contributed by atoms with Gasteiger partial charge in [0.1, 0.15) is 12.2 Å². The third-order valence-electron chi connectivity index (χ3n) is 5.95. The summed E-state index contributed by atoms with van der Waals surface area (Å²) in [6.07, 6.45) is 1.65. The van der Waals surface area contributed by atoms with Crippen molar-refractivity contribution >= 4 is 22.6 Å². The molecule has 0 saturated heterocycles. The van der Waals surface area contributed by atoms with E-state index in [2.05, 4.69) is 6.58 Å². The molecule has 6 heteroatoms. The van der Waals surface area contributed by atoms with Gasteiger partial charge in [-0.25, -0.2) is 0 Å². The lowest BCUT2D eigenvalue weighted by Crippen LogP contribution is -2.29. The van der Waals surface area contributed by atoms with Gasteiger partial charge in [0.2, 0.25) is 5.76 Å². The zero-order chi connectivity index (χ0) is 23.8. The van der Waals surface area contributed by atoms with Crippen LogP contribution in [-0.4, -0.2) is 19.6 Å². The Kier molecular flexibility index (Phi) is 5.42. The Balaban J connectivity index is 1.75. The highest BCUT2D eigenvalue weighted by molar-refractivity contribution is 6.10. The Morgan fingerprint density at radius 3 is 2.53 bits per heavy atom. The van der Waals surface area contributed by atoms with Crippen LogP contribution < -0.4 is 19.8 Å². The molecule has 0 radical (unpaired) electrons. The lowest BCUT2D eigenvalue weighted by Gasteiger charge is -2.26. The minimum Gasteiger partial charge on any atom is -0.493 e. The number of carbonyl (C=O) groups is 1. The fourth-order valence-corrected chi connectivity index (χ4v) is 4.33. The first-order valence-electron chi connectivity index (χ1n) is 10.9. The Hall–Kier alpha value is -4.32. The second-order valence-corrected chi connectivity index (χ2v) is 8.09. The largest absolute Gasteiger partial charge is 0.493 e. The van der Waals surface area contributed by atoms with Crippen molar-refractivity contribution in [3.05, 3.63) is 112 Å². The number of hydrogen-bond acceptors (Lipinski definition) is 5. The van der Waals surface area contributed by atoms with Crippen LogP contribution in [0.15, 0.2) is 88.6 Å². The molecule has 34 heavy (non-hydrogen) atoms. The molecule has 0 fully saturated rings. The highest BCUT2D eigenvalue weighted by atomic mass is 16.5. The molecular weight excluding hydrogens is 430 g/mol. The standard InChI is InChI=1S/C28H23NO5/c1-4-15-33-22-14-11-18(16-23(22)32-3)25-24-26(30)20-7-5-6-8-21(20)34-27(24)28(31)29(25)19-12-9-17(2)10-13-19/h4-14,16,25H,1,15H2,2-3H3. The summed E-state index contributed by atoms with van der Waals surface area (Å²) in [6, 6.07) is 19.3. The van der Waals surface area contributed by atoms with E-state index < -0.39 is 6.04 Å². The predicted octanol–water partition coefficient (Wildman–Crippen LogP) is 5.42. The van der Waals surface area contributed by atoms with Crippen molar-refractivity contribution in [2.24, 2.45) is 0 Å². The van der Waals surface area contributed by atoms with Gasteiger partial charge in [0.25, 0.3) is 5.91 Å². The molecule has 0 spiro atoms. The van der Waals surface area contributed by atoms with Gasteiger partial charge >= 0.3 is 0 Å². The number of rotatable bonds is 6. The van der Waals surface area contributed by atoms with Crippen molar-refractivity contribution in [2.75, 3.05) is 18.6 Å². The van der Waals surface area contributed by atoms with Crippen molar-refractivity contribution in [1.29, 1.82) is 0 Å². The predicted molar refractivity (Wildman–Crippen MR) is 131 cm³/mol. The first kappa shape index (κ1) is 21.5. The van der Waals surface area contributed by atoms with E-state index in [-0.39, 0.29) is 17.1 Å². The van der Waals surface area contributed by atoms with Crippen LogP contribution in [0.5, 0.6) is 11.5 Å². The third-order valence-corrected chi connectivity index (χ3v) is 5.95. The molecule has 2 heterocycles. The zero-order valence-corrected chi connectivity index (χ0v) is 18.9. The highest BCUT2D eigenvalue weighted by Crippen LogP contribution is 2.43. The molecule has 5 rings (SSSR count). The van der Waals surface area contributed by atoms with Crippen molar-refractivity contribution in [2.45, 2.75) is 13.0 Å². The summed E-state index contributed by atoms with van der Waals surface area (Å²) in [6.45, 7) is 5.98. The highest BCUT2D eigenvalue weighted by Gasteiger charge is 2.43. The molecule has 1 unspecified atom stereocenters. The number of nitrogens with zero attached hydrogens (tertiary/aromatic N) is 1. The molecule has 1 aromatic heterocycles. The zero-order valence-electron chi connectivity index (χ0n) is 18.9. The second-order valence-electron chi connectivity index (χ2n) is 8.09. The quantitative estimate of drug-likeness (QED) is 0.365. The fourth-order valence-electron chi connectivity index (χ4n) is 4.33. The van der Waals surface area contributed by atoms with Gasteiger partial charge < -0.3 is 13.9 Å². The summed E-state index contributed by atoms with van der Waals surface area (Å²) in [4.78, 5) is 28.9. The fraction of sp³-hybridized carbons (Fsp3) is 0.143. The van der Waals surface area contributed by atoms with E-state index >= 15 is 0 Å². The minimum absolute atomic E-state index is 0.0558. The number of aryl methyl sites for hydroxylation is 1. The molecule has 3 aromatic carbocycles. The molecule has 170 valence electrons. The van der Waals surface area contributed by atoms with Gasteiger partial charge in [-0.3, -0.25) is 14.5 Å². The van der Waals surface area contributed by atoms with Gasteiger partial charge in [0, 0.05) is 5.69 Å². The number of para-hydroxylation sites is 1. The topological polar surface area (TPSA) is 69.0 Å². The Morgan fingerprint density at radius 2 is 1.79 bits per heavy atom. The summed E-state index contributed by atoms with van der Waals surface area (Å²) >= 11 is 0. The van der Waals surface area contributed by atoms with Gasteiger partial charge in [-0.1, -0.05) is 48.6 Å². The van der Waals surface area contributed by atoms with E-state index in [1.807, 2.05) is 37.3 Å². The van der Waals surface area contributed by atoms with E-state index in [1.54, 1.807) is 54.5 Å². The lowest BCUT2D eigenvalue weighted by atomic mass is 9.97.